The van der Waals surface area contributed by atoms with Gasteiger partial charge in [-0.3, -0.25) is 9.63 Å². The molecule has 0 aromatic heterocycles. The van der Waals surface area contributed by atoms with Crippen molar-refractivity contribution in [1.29, 1.82) is 0 Å². The molecule has 1 aromatic rings. The second-order valence-electron chi connectivity index (χ2n) is 4.58. The Balaban J connectivity index is 2.35. The molecule has 1 aromatic carbocycles. The fraction of sp³-hybridized carbons (Fsp3) is 0.417. The molecule has 10 heteroatoms. The zero-order valence-electron chi connectivity index (χ0n) is 10.8. The lowest BCUT2D eigenvalue weighted by molar-refractivity contribution is -0.212. The highest BCUT2D eigenvalue weighted by Crippen LogP contribution is 2.38. The Bertz CT molecular complexity index is 595. The maximum absolute atomic E-state index is 13.3. The number of hydrogen-bond acceptors (Lipinski definition) is 4. The van der Waals surface area contributed by atoms with E-state index >= 15 is 0 Å². The lowest BCUT2D eigenvalue weighted by atomic mass is 10.1. The van der Waals surface area contributed by atoms with Gasteiger partial charge >= 0.3 is 6.18 Å². The van der Waals surface area contributed by atoms with Gasteiger partial charge in [0.15, 0.2) is 0 Å². The van der Waals surface area contributed by atoms with Gasteiger partial charge in [0.2, 0.25) is 0 Å². The Morgan fingerprint density at radius 1 is 1.32 bits per heavy atom. The third-order valence-electron chi connectivity index (χ3n) is 3.03. The zero-order valence-corrected chi connectivity index (χ0v) is 11.5. The summed E-state index contributed by atoms with van der Waals surface area (Å²) < 4.78 is 51.6. The lowest BCUT2D eigenvalue weighted by Gasteiger charge is -2.32. The van der Waals surface area contributed by atoms with Crippen LogP contribution in [0.15, 0.2) is 12.1 Å². The lowest BCUT2D eigenvalue weighted by Crippen LogP contribution is -2.50. The number of hydrogen-bond donors (Lipinski definition) is 2. The van der Waals surface area contributed by atoms with Gasteiger partial charge in [0.25, 0.3) is 5.91 Å². The van der Waals surface area contributed by atoms with Crippen molar-refractivity contribution in [2.45, 2.75) is 18.4 Å². The molecule has 0 saturated carbocycles. The monoisotopic (exact) mass is 343 g/mol. The maximum atomic E-state index is 13.3. The van der Waals surface area contributed by atoms with Gasteiger partial charge in [-0.25, -0.2) is 9.45 Å². The van der Waals surface area contributed by atoms with Crippen molar-refractivity contribution < 1.29 is 37.4 Å². The van der Waals surface area contributed by atoms with E-state index in [1.807, 2.05) is 0 Å². The molecule has 0 aliphatic carbocycles. The standard InChI is InChI=1S/C12H10ClF4NO4/c13-10-5(1-2-6(14)9(10)12(15,16)17)11(21)18-3-7(19)8(20)4-22-18/h1-2,7-8,19-20H,3-4H2/t7-,8+/m0/s1. The molecule has 122 valence electrons. The number of amides is 1. The number of benzene rings is 1. The van der Waals surface area contributed by atoms with E-state index < -0.39 is 59.4 Å². The van der Waals surface area contributed by atoms with E-state index in [9.17, 15) is 32.6 Å². The minimum atomic E-state index is -5.07. The van der Waals surface area contributed by atoms with Gasteiger partial charge in [0.1, 0.15) is 30.2 Å². The second kappa shape index (κ2) is 5.99. The van der Waals surface area contributed by atoms with Crippen LogP contribution in [-0.4, -0.2) is 46.5 Å². The Morgan fingerprint density at radius 3 is 2.50 bits per heavy atom. The number of aliphatic hydroxyl groups is 2. The van der Waals surface area contributed by atoms with E-state index in [1.165, 1.54) is 0 Å². The number of carbonyl (C=O) groups is 1. The molecule has 1 heterocycles. The van der Waals surface area contributed by atoms with Gasteiger partial charge in [-0.05, 0) is 12.1 Å². The molecule has 0 bridgehead atoms. The molecule has 2 N–H and O–H groups in total. The van der Waals surface area contributed by atoms with Crippen molar-refractivity contribution in [1.82, 2.24) is 5.06 Å². The van der Waals surface area contributed by atoms with Crippen LogP contribution >= 0.6 is 11.6 Å². The predicted octanol–water partition coefficient (Wildman–Crippen LogP) is 1.61. The van der Waals surface area contributed by atoms with E-state index in [4.69, 9.17) is 16.4 Å². The molecule has 1 saturated heterocycles. The molecule has 2 atom stereocenters. The van der Waals surface area contributed by atoms with Crippen molar-refractivity contribution in [3.63, 3.8) is 0 Å². The molecule has 0 spiro atoms. The van der Waals surface area contributed by atoms with Crippen molar-refractivity contribution in [2.75, 3.05) is 13.2 Å². The molecule has 1 fully saturated rings. The van der Waals surface area contributed by atoms with Crippen LogP contribution in [0, 0.1) is 5.82 Å². The summed E-state index contributed by atoms with van der Waals surface area (Å²) in [6.45, 7) is -0.882. The Morgan fingerprint density at radius 2 is 1.95 bits per heavy atom. The molecule has 5 nitrogen and oxygen atoms in total. The van der Waals surface area contributed by atoms with Crippen LogP contribution in [0.2, 0.25) is 5.02 Å². The number of hydroxylamine groups is 2. The van der Waals surface area contributed by atoms with Crippen molar-refractivity contribution in [3.8, 4) is 0 Å². The number of nitrogens with zero attached hydrogens (tertiary/aromatic N) is 1. The summed E-state index contributed by atoms with van der Waals surface area (Å²) in [4.78, 5) is 16.9. The Labute approximate surface area is 126 Å². The third-order valence-corrected chi connectivity index (χ3v) is 3.42. The normalized spacial score (nSPS) is 22.8. The quantitative estimate of drug-likeness (QED) is 0.760. The summed E-state index contributed by atoms with van der Waals surface area (Å²) in [6, 6.07) is 1.26. The highest BCUT2D eigenvalue weighted by Gasteiger charge is 2.39. The predicted molar refractivity (Wildman–Crippen MR) is 65.4 cm³/mol. The van der Waals surface area contributed by atoms with E-state index in [-0.39, 0.29) is 0 Å². The first-order valence-electron chi connectivity index (χ1n) is 5.99. The van der Waals surface area contributed by atoms with Crippen LogP contribution in [-0.2, 0) is 11.0 Å². The van der Waals surface area contributed by atoms with E-state index in [0.717, 1.165) is 6.07 Å². The number of rotatable bonds is 1. The minimum Gasteiger partial charge on any atom is -0.388 e. The number of alkyl halides is 3. The molecular formula is C12H10ClF4NO4. The molecule has 2 rings (SSSR count). The van der Waals surface area contributed by atoms with E-state index in [1.54, 1.807) is 0 Å². The average molecular weight is 344 g/mol. The molecular weight excluding hydrogens is 334 g/mol. The van der Waals surface area contributed by atoms with Gasteiger partial charge in [0.05, 0.1) is 17.1 Å². The number of carbonyl (C=O) groups excluding carboxylic acids is 1. The second-order valence-corrected chi connectivity index (χ2v) is 4.96. The Kier molecular flexibility index (Phi) is 4.62. The molecule has 0 unspecified atom stereocenters. The summed E-state index contributed by atoms with van der Waals surface area (Å²) in [7, 11) is 0. The summed E-state index contributed by atoms with van der Waals surface area (Å²) in [5.41, 5.74) is -2.38. The van der Waals surface area contributed by atoms with Gasteiger partial charge in [-0.1, -0.05) is 11.6 Å². The fourth-order valence-corrected chi connectivity index (χ4v) is 2.22. The molecule has 1 aliphatic rings. The largest absolute Gasteiger partial charge is 0.420 e. The van der Waals surface area contributed by atoms with Crippen LogP contribution in [0.25, 0.3) is 0 Å². The summed E-state index contributed by atoms with van der Waals surface area (Å²) in [5.74, 6) is -2.69. The van der Waals surface area contributed by atoms with Gasteiger partial charge in [-0.2, -0.15) is 13.2 Å². The fourth-order valence-electron chi connectivity index (χ4n) is 1.88. The van der Waals surface area contributed by atoms with Crippen LogP contribution in [0.1, 0.15) is 15.9 Å². The third kappa shape index (κ3) is 3.17. The van der Waals surface area contributed by atoms with Crippen LogP contribution in [0.5, 0.6) is 0 Å². The van der Waals surface area contributed by atoms with E-state index in [2.05, 4.69) is 0 Å². The molecule has 1 aliphatic heterocycles. The first kappa shape index (κ1) is 16.9. The highest BCUT2D eigenvalue weighted by molar-refractivity contribution is 6.34. The number of β-amino-alcohol motifs (C(OH)–C–C–N with tert-alkyl or cyclic N) is 1. The Hall–Kier alpha value is -1.42. The van der Waals surface area contributed by atoms with Crippen molar-refractivity contribution in [3.05, 3.63) is 34.1 Å². The number of aliphatic hydroxyl groups excluding tert-OH is 2. The van der Waals surface area contributed by atoms with Gasteiger partial charge in [-0.15, -0.1) is 0 Å². The molecule has 1 amide bonds. The number of halogens is 5. The first-order valence-corrected chi connectivity index (χ1v) is 6.36. The van der Waals surface area contributed by atoms with Crippen molar-refractivity contribution >= 4 is 17.5 Å². The average Bonchev–Trinajstić information content (AvgIpc) is 2.40. The van der Waals surface area contributed by atoms with E-state index in [0.29, 0.717) is 11.1 Å². The zero-order chi connectivity index (χ0) is 16.7. The topological polar surface area (TPSA) is 70.0 Å². The maximum Gasteiger partial charge on any atom is 0.420 e. The van der Waals surface area contributed by atoms with Gasteiger partial charge in [0, 0.05) is 0 Å². The van der Waals surface area contributed by atoms with Crippen molar-refractivity contribution in [2.24, 2.45) is 0 Å². The SMILES string of the molecule is O=C(c1ccc(F)c(C(F)(F)F)c1Cl)N1C[C@H](O)[C@H](O)CO1. The van der Waals surface area contributed by atoms with Crippen LogP contribution < -0.4 is 0 Å². The summed E-state index contributed by atoms with van der Waals surface area (Å²) in [6.07, 6.45) is -7.62. The highest BCUT2D eigenvalue weighted by atomic mass is 35.5. The van der Waals surface area contributed by atoms with Crippen LogP contribution in [0.4, 0.5) is 17.6 Å². The molecule has 0 radical (unpaired) electrons. The smallest absolute Gasteiger partial charge is 0.388 e. The molecule has 22 heavy (non-hydrogen) atoms. The van der Waals surface area contributed by atoms with Gasteiger partial charge < -0.3 is 10.2 Å². The minimum absolute atomic E-state index is 0.419. The summed E-state index contributed by atoms with van der Waals surface area (Å²) in [5, 5.41) is 18.2. The first-order chi connectivity index (χ1) is 10.1. The summed E-state index contributed by atoms with van der Waals surface area (Å²) >= 11 is 5.50. The van der Waals surface area contributed by atoms with Crippen LogP contribution in [0.3, 0.4) is 0 Å².